The van der Waals surface area contributed by atoms with E-state index in [9.17, 15) is 14.4 Å². The van der Waals surface area contributed by atoms with Gasteiger partial charge in [0.25, 0.3) is 0 Å². The second kappa shape index (κ2) is 69.0. The molecule has 0 amide bonds. The van der Waals surface area contributed by atoms with Crippen LogP contribution >= 0.6 is 0 Å². The number of rotatable bonds is 58. The van der Waals surface area contributed by atoms with Gasteiger partial charge in [0.2, 0.25) is 0 Å². The third kappa shape index (κ3) is 67.2. The van der Waals surface area contributed by atoms with Crippen LogP contribution in [0.5, 0.6) is 0 Å². The Labute approximate surface area is 510 Å². The Morgan fingerprint density at radius 2 is 0.470 bits per heavy atom. The molecule has 0 fully saturated rings. The minimum atomic E-state index is -0.814. The van der Waals surface area contributed by atoms with E-state index in [1.54, 1.807) is 0 Å². The van der Waals surface area contributed by atoms with Crippen molar-refractivity contribution in [2.24, 2.45) is 0 Å². The zero-order valence-electron chi connectivity index (χ0n) is 53.1. The summed E-state index contributed by atoms with van der Waals surface area (Å²) in [4.78, 5) is 38.3. The van der Waals surface area contributed by atoms with Gasteiger partial charge in [0.05, 0.1) is 0 Å². The minimum absolute atomic E-state index is 0.107. The van der Waals surface area contributed by atoms with Gasteiger partial charge >= 0.3 is 17.9 Å². The van der Waals surface area contributed by atoms with Crippen molar-refractivity contribution in [2.45, 2.75) is 271 Å². The van der Waals surface area contributed by atoms with Gasteiger partial charge in [0.1, 0.15) is 13.2 Å². The summed E-state index contributed by atoms with van der Waals surface area (Å²) in [5, 5.41) is 0. The van der Waals surface area contributed by atoms with Crippen LogP contribution in [0.3, 0.4) is 0 Å². The van der Waals surface area contributed by atoms with Crippen molar-refractivity contribution in [2.75, 3.05) is 13.2 Å². The second-order valence-corrected chi connectivity index (χ2v) is 21.3. The molecule has 0 saturated carbocycles. The Hall–Kier alpha value is -5.49. The van der Waals surface area contributed by atoms with Crippen LogP contribution in [0.15, 0.2) is 182 Å². The first-order chi connectivity index (χ1) is 41.0. The fourth-order valence-electron chi connectivity index (χ4n) is 8.44. The highest BCUT2D eigenvalue weighted by Crippen LogP contribution is 2.14. The van der Waals surface area contributed by atoms with Crippen molar-refractivity contribution < 1.29 is 28.6 Å². The fraction of sp³-hybridized carbons (Fsp3) is 0.571. The van der Waals surface area contributed by atoms with Gasteiger partial charge in [-0.05, 0) is 154 Å². The lowest BCUT2D eigenvalue weighted by Crippen LogP contribution is -2.30. The lowest BCUT2D eigenvalue weighted by atomic mass is 10.1. The number of ether oxygens (including phenoxy) is 3. The van der Waals surface area contributed by atoms with Crippen molar-refractivity contribution in [3.8, 4) is 0 Å². The molecule has 1 atom stereocenters. The molecule has 0 aliphatic carbocycles. The van der Waals surface area contributed by atoms with E-state index in [1.807, 2.05) is 0 Å². The van der Waals surface area contributed by atoms with Crippen molar-refractivity contribution in [3.05, 3.63) is 182 Å². The largest absolute Gasteiger partial charge is 0.462 e. The van der Waals surface area contributed by atoms with Gasteiger partial charge in [0.15, 0.2) is 6.10 Å². The van der Waals surface area contributed by atoms with Crippen molar-refractivity contribution in [1.29, 1.82) is 0 Å². The maximum absolute atomic E-state index is 12.9. The maximum atomic E-state index is 12.9. The number of carbonyl (C=O) groups excluding carboxylic acids is 3. The Morgan fingerprint density at radius 1 is 0.253 bits per heavy atom. The summed E-state index contributed by atoms with van der Waals surface area (Å²) in [5.74, 6) is -0.966. The molecule has 0 aliphatic rings. The van der Waals surface area contributed by atoms with Crippen LogP contribution in [0, 0.1) is 0 Å². The fourth-order valence-corrected chi connectivity index (χ4v) is 8.44. The average Bonchev–Trinajstić information content (AvgIpc) is 3.48. The van der Waals surface area contributed by atoms with E-state index in [4.69, 9.17) is 14.2 Å². The molecule has 0 bridgehead atoms. The predicted molar refractivity (Wildman–Crippen MR) is 361 cm³/mol. The van der Waals surface area contributed by atoms with E-state index in [-0.39, 0.29) is 37.5 Å². The minimum Gasteiger partial charge on any atom is -0.462 e. The van der Waals surface area contributed by atoms with E-state index in [2.05, 4.69) is 203 Å². The topological polar surface area (TPSA) is 78.9 Å². The molecular formula is C77H120O6. The SMILES string of the molecule is CC/C=C\C/C=C\C/C=C\C/C=C\C/C=C\C/C=C\C/C=C\C/C=C\C/C=C\CCCCCCCCCC(=O)OCC(COC(=O)CCCCCCC/C=C\CCCC)OC(=O)CCCCC/C=C\C/C=C\C/C=C\C/C=C\C/C=C\CC. The van der Waals surface area contributed by atoms with E-state index in [0.29, 0.717) is 19.3 Å². The van der Waals surface area contributed by atoms with Gasteiger partial charge in [-0.1, -0.05) is 274 Å². The molecule has 6 heteroatoms. The van der Waals surface area contributed by atoms with Crippen LogP contribution in [-0.2, 0) is 28.6 Å². The summed E-state index contributed by atoms with van der Waals surface area (Å²) in [5.41, 5.74) is 0. The summed E-state index contributed by atoms with van der Waals surface area (Å²) in [6, 6.07) is 0. The zero-order valence-corrected chi connectivity index (χ0v) is 53.1. The molecule has 0 heterocycles. The Morgan fingerprint density at radius 3 is 0.759 bits per heavy atom. The Bertz CT molecular complexity index is 1940. The van der Waals surface area contributed by atoms with E-state index in [0.717, 1.165) is 167 Å². The molecule has 0 spiro atoms. The monoisotopic (exact) mass is 1140 g/mol. The summed E-state index contributed by atoms with van der Waals surface area (Å²) in [6.45, 7) is 6.32. The highest BCUT2D eigenvalue weighted by atomic mass is 16.6. The quantitative estimate of drug-likeness (QED) is 0.0261. The van der Waals surface area contributed by atoms with Crippen LogP contribution < -0.4 is 0 Å². The Kier molecular flexibility index (Phi) is 64.4. The first-order valence-corrected chi connectivity index (χ1v) is 33.3. The van der Waals surface area contributed by atoms with Crippen LogP contribution in [0.2, 0.25) is 0 Å². The molecule has 6 nitrogen and oxygen atoms in total. The summed E-state index contributed by atoms with van der Waals surface area (Å²) >= 11 is 0. The average molecular weight is 1140 g/mol. The highest BCUT2D eigenvalue weighted by molar-refractivity contribution is 5.71. The lowest BCUT2D eigenvalue weighted by molar-refractivity contribution is -0.167. The van der Waals surface area contributed by atoms with Gasteiger partial charge in [-0.3, -0.25) is 14.4 Å². The number of hydrogen-bond donors (Lipinski definition) is 0. The summed E-state index contributed by atoms with van der Waals surface area (Å²) in [6.07, 6.45) is 103. The number of carbonyl (C=O) groups is 3. The first kappa shape index (κ1) is 77.5. The normalized spacial score (nSPS) is 13.3. The number of unbranched alkanes of at least 4 members (excludes halogenated alkanes) is 17. The van der Waals surface area contributed by atoms with Crippen LogP contribution in [0.25, 0.3) is 0 Å². The van der Waals surface area contributed by atoms with Crippen LogP contribution in [0.4, 0.5) is 0 Å². The van der Waals surface area contributed by atoms with Crippen molar-refractivity contribution in [1.82, 2.24) is 0 Å². The van der Waals surface area contributed by atoms with Gasteiger partial charge in [-0.25, -0.2) is 0 Å². The van der Waals surface area contributed by atoms with Crippen molar-refractivity contribution in [3.63, 3.8) is 0 Å². The second-order valence-electron chi connectivity index (χ2n) is 21.3. The molecule has 0 radical (unpaired) electrons. The predicted octanol–water partition coefficient (Wildman–Crippen LogP) is 23.2. The molecule has 0 aromatic heterocycles. The van der Waals surface area contributed by atoms with Crippen molar-refractivity contribution >= 4 is 17.9 Å². The third-order valence-electron chi connectivity index (χ3n) is 13.4. The maximum Gasteiger partial charge on any atom is 0.306 e. The van der Waals surface area contributed by atoms with Crippen LogP contribution in [-0.4, -0.2) is 37.2 Å². The molecule has 464 valence electrons. The molecule has 83 heavy (non-hydrogen) atoms. The van der Waals surface area contributed by atoms with E-state index < -0.39 is 6.10 Å². The first-order valence-electron chi connectivity index (χ1n) is 33.3. The number of esters is 3. The molecule has 1 unspecified atom stereocenters. The van der Waals surface area contributed by atoms with E-state index in [1.165, 1.54) is 51.4 Å². The van der Waals surface area contributed by atoms with Gasteiger partial charge in [-0.2, -0.15) is 0 Å². The molecule has 0 saturated heterocycles. The molecule has 0 aromatic carbocycles. The van der Waals surface area contributed by atoms with Gasteiger partial charge in [-0.15, -0.1) is 0 Å². The number of hydrogen-bond acceptors (Lipinski definition) is 6. The highest BCUT2D eigenvalue weighted by Gasteiger charge is 2.19. The van der Waals surface area contributed by atoms with Crippen LogP contribution in [0.1, 0.15) is 265 Å². The number of allylic oxidation sites excluding steroid dienone is 30. The Balaban J connectivity index is 4.33. The molecular weight excluding hydrogens is 1020 g/mol. The summed E-state index contributed by atoms with van der Waals surface area (Å²) < 4.78 is 16.9. The lowest BCUT2D eigenvalue weighted by Gasteiger charge is -2.18. The molecule has 0 aromatic rings. The van der Waals surface area contributed by atoms with E-state index >= 15 is 0 Å². The van der Waals surface area contributed by atoms with Gasteiger partial charge in [0, 0.05) is 19.3 Å². The third-order valence-corrected chi connectivity index (χ3v) is 13.4. The zero-order chi connectivity index (χ0) is 59.9. The van der Waals surface area contributed by atoms with Gasteiger partial charge < -0.3 is 14.2 Å². The summed E-state index contributed by atoms with van der Waals surface area (Å²) in [7, 11) is 0. The standard InChI is InChI=1S/C77H120O6/c1-4-7-10-13-16-19-22-24-26-28-30-31-32-33-34-35-36-37-38-39-40-41-42-43-44-45-47-48-50-52-55-58-61-64-67-70-76(79)82-73-74(72-81-75(78)69-66-63-60-57-54-21-18-15-12-9-6-3)83-77(80)71-68-65-62-59-56-53-51-49-46-29-27-25-23-20-17-14-11-8-5-2/h7-8,10-11,15-20,24-27,30-31,33-34,36-37,39-40,42-43,45-47,49,53,56,74H,4-6,9,12-14,21-23,28-29,32,35,38,41,44,48,50-52,54-55,57-73H2,1-3H3/b10-7-,11-8-,18-15-,19-16-,20-17-,26-24-,27-25-,31-30-,34-33-,37-36-,40-39-,43-42-,47-45-,49-46-,56-53-. The molecule has 0 rings (SSSR count). The smallest absolute Gasteiger partial charge is 0.306 e. The molecule has 0 N–H and O–H groups in total. The molecule has 0 aliphatic heterocycles.